The van der Waals surface area contributed by atoms with Crippen molar-refractivity contribution in [3.05, 3.63) is 24.3 Å². The molecule has 2 unspecified atom stereocenters. The quantitative estimate of drug-likeness (QED) is 0.924. The van der Waals surface area contributed by atoms with Crippen molar-refractivity contribution in [1.82, 2.24) is 4.90 Å². The Bertz CT molecular complexity index is 532. The number of carbonyl (C=O) groups excluding carboxylic acids is 1. The molecule has 1 aliphatic heterocycles. The van der Waals surface area contributed by atoms with Gasteiger partial charge in [-0.05, 0) is 49.9 Å². The molecule has 1 aliphatic carbocycles. The first kappa shape index (κ1) is 16.1. The average molecular weight is 317 g/mol. The Morgan fingerprint density at radius 1 is 1.13 bits per heavy atom. The van der Waals surface area contributed by atoms with Crippen molar-refractivity contribution in [3.63, 3.8) is 0 Å². The third kappa shape index (κ3) is 3.78. The molecule has 1 aromatic rings. The molecule has 5 nitrogen and oxygen atoms in total. The van der Waals surface area contributed by atoms with Gasteiger partial charge in [0, 0.05) is 43.8 Å². The first-order valence-electron chi connectivity index (χ1n) is 8.60. The number of rotatable bonds is 3. The van der Waals surface area contributed by atoms with Crippen LogP contribution >= 0.6 is 0 Å². The summed E-state index contributed by atoms with van der Waals surface area (Å²) >= 11 is 0. The lowest BCUT2D eigenvalue weighted by molar-refractivity contribution is -0.135. The van der Waals surface area contributed by atoms with E-state index in [1.807, 2.05) is 17.0 Å². The number of nitrogens with zero attached hydrogens (tertiary/aromatic N) is 2. The lowest BCUT2D eigenvalue weighted by Gasteiger charge is -2.25. The van der Waals surface area contributed by atoms with Crippen molar-refractivity contribution in [3.8, 4) is 5.75 Å². The molecule has 1 aromatic carbocycles. The van der Waals surface area contributed by atoms with E-state index in [0.717, 1.165) is 57.6 Å². The van der Waals surface area contributed by atoms with E-state index >= 15 is 0 Å². The fourth-order valence-electron chi connectivity index (χ4n) is 3.69. The van der Waals surface area contributed by atoms with Crippen molar-refractivity contribution >= 4 is 11.6 Å². The lowest BCUT2D eigenvalue weighted by atomic mass is 10.1. The van der Waals surface area contributed by atoms with E-state index in [2.05, 4.69) is 17.0 Å². The van der Waals surface area contributed by atoms with E-state index in [1.165, 1.54) is 5.69 Å². The first-order chi connectivity index (χ1) is 11.2. The van der Waals surface area contributed by atoms with Crippen LogP contribution in [0.25, 0.3) is 0 Å². The van der Waals surface area contributed by atoms with Crippen LogP contribution in [0, 0.1) is 5.92 Å². The lowest BCUT2D eigenvalue weighted by Crippen LogP contribution is -2.38. The molecule has 1 heterocycles. The zero-order valence-corrected chi connectivity index (χ0v) is 13.9. The van der Waals surface area contributed by atoms with Crippen LogP contribution < -0.4 is 15.4 Å². The summed E-state index contributed by atoms with van der Waals surface area (Å²) in [6.45, 7) is 3.53. The molecule has 126 valence electrons. The second-order valence-corrected chi connectivity index (χ2v) is 6.63. The fraction of sp³-hybridized carbons (Fsp3) is 0.611. The number of benzene rings is 1. The monoisotopic (exact) mass is 317 g/mol. The topological polar surface area (TPSA) is 58.8 Å². The van der Waals surface area contributed by atoms with Crippen LogP contribution in [0.4, 0.5) is 5.69 Å². The maximum atomic E-state index is 12.7. The minimum absolute atomic E-state index is 0.150. The summed E-state index contributed by atoms with van der Waals surface area (Å²) in [7, 11) is 1.68. The summed E-state index contributed by atoms with van der Waals surface area (Å²) in [6.07, 6.45) is 3.81. The van der Waals surface area contributed by atoms with Gasteiger partial charge in [0.25, 0.3) is 0 Å². The van der Waals surface area contributed by atoms with Crippen molar-refractivity contribution in [1.29, 1.82) is 0 Å². The molecule has 2 N–H and O–H groups in total. The first-order valence-corrected chi connectivity index (χ1v) is 8.60. The van der Waals surface area contributed by atoms with Gasteiger partial charge in [0.2, 0.25) is 5.91 Å². The number of ether oxygens (including phenoxy) is 1. The van der Waals surface area contributed by atoms with Gasteiger partial charge in [-0.1, -0.05) is 0 Å². The molecule has 2 fully saturated rings. The van der Waals surface area contributed by atoms with Crippen LogP contribution in [0.15, 0.2) is 24.3 Å². The van der Waals surface area contributed by atoms with E-state index in [4.69, 9.17) is 10.5 Å². The van der Waals surface area contributed by atoms with Crippen LogP contribution in [-0.4, -0.2) is 50.1 Å². The number of anilines is 1. The van der Waals surface area contributed by atoms with Gasteiger partial charge in [-0.15, -0.1) is 0 Å². The molecule has 1 saturated carbocycles. The molecule has 1 saturated heterocycles. The van der Waals surface area contributed by atoms with Crippen molar-refractivity contribution in [2.24, 2.45) is 11.7 Å². The zero-order valence-electron chi connectivity index (χ0n) is 13.9. The van der Waals surface area contributed by atoms with E-state index < -0.39 is 0 Å². The van der Waals surface area contributed by atoms with Gasteiger partial charge < -0.3 is 20.3 Å². The minimum Gasteiger partial charge on any atom is -0.497 e. The number of carbonyl (C=O) groups is 1. The highest BCUT2D eigenvalue weighted by Gasteiger charge is 2.31. The van der Waals surface area contributed by atoms with Crippen LogP contribution in [0.5, 0.6) is 5.75 Å². The summed E-state index contributed by atoms with van der Waals surface area (Å²) in [5.41, 5.74) is 7.15. The summed E-state index contributed by atoms with van der Waals surface area (Å²) in [5, 5.41) is 0. The summed E-state index contributed by atoms with van der Waals surface area (Å²) in [4.78, 5) is 17.1. The number of nitrogens with two attached hydrogens (primary N) is 1. The minimum atomic E-state index is 0.150. The second kappa shape index (κ2) is 7.21. The second-order valence-electron chi connectivity index (χ2n) is 6.63. The molecule has 0 bridgehead atoms. The van der Waals surface area contributed by atoms with E-state index in [0.29, 0.717) is 5.91 Å². The fourth-order valence-corrected chi connectivity index (χ4v) is 3.69. The summed E-state index contributed by atoms with van der Waals surface area (Å²) in [5.74, 6) is 1.34. The summed E-state index contributed by atoms with van der Waals surface area (Å²) in [6, 6.07) is 8.37. The number of hydrogen-bond acceptors (Lipinski definition) is 4. The maximum absolute atomic E-state index is 12.7. The van der Waals surface area contributed by atoms with E-state index in [9.17, 15) is 4.79 Å². The third-order valence-electron chi connectivity index (χ3n) is 5.07. The Hall–Kier alpha value is -1.75. The van der Waals surface area contributed by atoms with Crippen molar-refractivity contribution in [2.75, 3.05) is 38.2 Å². The Morgan fingerprint density at radius 2 is 1.91 bits per heavy atom. The van der Waals surface area contributed by atoms with Gasteiger partial charge in [0.1, 0.15) is 5.75 Å². The smallest absolute Gasteiger partial charge is 0.225 e. The van der Waals surface area contributed by atoms with Gasteiger partial charge in [-0.2, -0.15) is 0 Å². The largest absolute Gasteiger partial charge is 0.497 e. The molecule has 0 radical (unpaired) electrons. The number of methoxy groups -OCH3 is 1. The predicted octanol–water partition coefficient (Wildman–Crippen LogP) is 1.86. The predicted molar refractivity (Wildman–Crippen MR) is 91.7 cm³/mol. The van der Waals surface area contributed by atoms with Crippen molar-refractivity contribution in [2.45, 2.75) is 31.7 Å². The molecule has 1 amide bonds. The van der Waals surface area contributed by atoms with Crippen LogP contribution in [0.2, 0.25) is 0 Å². The van der Waals surface area contributed by atoms with Gasteiger partial charge in [0.15, 0.2) is 0 Å². The van der Waals surface area contributed by atoms with E-state index in [1.54, 1.807) is 7.11 Å². The van der Waals surface area contributed by atoms with Gasteiger partial charge in [0.05, 0.1) is 7.11 Å². The van der Waals surface area contributed by atoms with Gasteiger partial charge in [-0.3, -0.25) is 4.79 Å². The van der Waals surface area contributed by atoms with Gasteiger partial charge in [-0.25, -0.2) is 0 Å². The standard InChI is InChI=1S/C18H27N3O2/c1-23-17-7-5-16(6-8-17)20-9-2-10-21(12-11-20)18(22)14-3-4-15(19)13-14/h5-8,14-15H,2-4,9-13,19H2,1H3. The highest BCUT2D eigenvalue weighted by molar-refractivity contribution is 5.79. The molecule has 2 atom stereocenters. The zero-order chi connectivity index (χ0) is 16.2. The van der Waals surface area contributed by atoms with Gasteiger partial charge >= 0.3 is 0 Å². The molecule has 2 aliphatic rings. The van der Waals surface area contributed by atoms with Crippen LogP contribution in [0.1, 0.15) is 25.7 Å². The number of hydrogen-bond donors (Lipinski definition) is 1. The molecule has 23 heavy (non-hydrogen) atoms. The average Bonchev–Trinajstić information content (AvgIpc) is 2.87. The molecular formula is C18H27N3O2. The molecule has 3 rings (SSSR count). The SMILES string of the molecule is COc1ccc(N2CCCN(C(=O)C3CCC(N)C3)CC2)cc1. The summed E-state index contributed by atoms with van der Waals surface area (Å²) < 4.78 is 5.21. The molecule has 0 spiro atoms. The Labute approximate surface area is 138 Å². The number of amides is 1. The van der Waals surface area contributed by atoms with Crippen LogP contribution in [0.3, 0.4) is 0 Å². The van der Waals surface area contributed by atoms with Crippen LogP contribution in [-0.2, 0) is 4.79 Å². The molecular weight excluding hydrogens is 290 g/mol. The Kier molecular flexibility index (Phi) is 5.06. The van der Waals surface area contributed by atoms with Crippen molar-refractivity contribution < 1.29 is 9.53 Å². The molecule has 0 aromatic heterocycles. The Morgan fingerprint density at radius 3 is 2.57 bits per heavy atom. The highest BCUT2D eigenvalue weighted by Crippen LogP contribution is 2.27. The molecule has 5 heteroatoms. The maximum Gasteiger partial charge on any atom is 0.225 e. The Balaban J connectivity index is 1.59. The normalized spacial score (nSPS) is 25.3. The highest BCUT2D eigenvalue weighted by atomic mass is 16.5. The van der Waals surface area contributed by atoms with E-state index in [-0.39, 0.29) is 12.0 Å². The third-order valence-corrected chi connectivity index (χ3v) is 5.07.